The molecule has 9 nitrogen and oxygen atoms in total. The zero-order valence-corrected chi connectivity index (χ0v) is 19.5. The SMILES string of the molecule is Cc1cc(=O)oc2cc(OCC(=O)NNC(=O)COc3ccc(OCc4ccccc4)cc3)ccc12. The van der Waals surface area contributed by atoms with E-state index in [2.05, 4.69) is 10.9 Å². The van der Waals surface area contributed by atoms with Crippen molar-refractivity contribution in [1.82, 2.24) is 10.9 Å². The van der Waals surface area contributed by atoms with Crippen LogP contribution in [0.15, 0.2) is 88.1 Å². The molecule has 0 atom stereocenters. The molecule has 0 fully saturated rings. The van der Waals surface area contributed by atoms with Crippen molar-refractivity contribution in [2.45, 2.75) is 13.5 Å². The number of carbonyl (C=O) groups excluding carboxylic acids is 2. The molecule has 36 heavy (non-hydrogen) atoms. The van der Waals surface area contributed by atoms with Gasteiger partial charge >= 0.3 is 5.63 Å². The molecule has 2 amide bonds. The summed E-state index contributed by atoms with van der Waals surface area (Å²) in [6, 6.07) is 23.0. The highest BCUT2D eigenvalue weighted by Crippen LogP contribution is 2.22. The standard InChI is InChI=1S/C27H24N2O7/c1-18-13-27(32)36-24-14-22(11-12-23(18)24)35-17-26(31)29-28-25(30)16-34-21-9-7-20(8-10-21)33-15-19-5-3-2-4-6-19/h2-14H,15-17H2,1H3,(H,28,30)(H,29,31). The monoisotopic (exact) mass is 488 g/mol. The molecule has 4 rings (SSSR count). The van der Waals surface area contributed by atoms with Crippen molar-refractivity contribution in [2.75, 3.05) is 13.2 Å². The van der Waals surface area contributed by atoms with Gasteiger partial charge in [0, 0.05) is 17.5 Å². The third-order valence-electron chi connectivity index (χ3n) is 5.08. The Morgan fingerprint density at radius 2 is 1.33 bits per heavy atom. The number of nitrogens with one attached hydrogen (secondary N) is 2. The first-order chi connectivity index (χ1) is 17.5. The van der Waals surface area contributed by atoms with Gasteiger partial charge in [-0.25, -0.2) is 4.79 Å². The maximum Gasteiger partial charge on any atom is 0.336 e. The molecule has 0 saturated carbocycles. The van der Waals surface area contributed by atoms with E-state index in [4.69, 9.17) is 18.6 Å². The summed E-state index contributed by atoms with van der Waals surface area (Å²) in [6.45, 7) is 1.60. The van der Waals surface area contributed by atoms with E-state index in [1.54, 1.807) is 43.3 Å². The van der Waals surface area contributed by atoms with Crippen LogP contribution in [0.2, 0.25) is 0 Å². The normalized spacial score (nSPS) is 10.5. The van der Waals surface area contributed by atoms with E-state index in [0.717, 1.165) is 16.5 Å². The lowest BCUT2D eigenvalue weighted by molar-refractivity contribution is -0.131. The van der Waals surface area contributed by atoms with Gasteiger partial charge in [-0.05, 0) is 54.4 Å². The number of hydrogen-bond donors (Lipinski definition) is 2. The van der Waals surface area contributed by atoms with E-state index >= 15 is 0 Å². The van der Waals surface area contributed by atoms with E-state index in [1.807, 2.05) is 30.3 Å². The minimum atomic E-state index is -0.575. The summed E-state index contributed by atoms with van der Waals surface area (Å²) in [5.41, 5.74) is 6.24. The van der Waals surface area contributed by atoms with E-state index in [0.29, 0.717) is 29.4 Å². The summed E-state index contributed by atoms with van der Waals surface area (Å²) in [5, 5.41) is 0.771. The van der Waals surface area contributed by atoms with Crippen LogP contribution in [0.5, 0.6) is 17.2 Å². The average molecular weight is 488 g/mol. The zero-order chi connectivity index (χ0) is 25.3. The highest BCUT2D eigenvalue weighted by molar-refractivity contribution is 5.84. The number of amides is 2. The van der Waals surface area contributed by atoms with Gasteiger partial charge in [0.15, 0.2) is 13.2 Å². The molecule has 0 aliphatic heterocycles. The zero-order valence-electron chi connectivity index (χ0n) is 19.5. The van der Waals surface area contributed by atoms with Gasteiger partial charge in [-0.2, -0.15) is 0 Å². The Bertz CT molecular complexity index is 1400. The van der Waals surface area contributed by atoms with Crippen LogP contribution in [0.25, 0.3) is 11.0 Å². The topological polar surface area (TPSA) is 116 Å². The first-order valence-electron chi connectivity index (χ1n) is 11.1. The van der Waals surface area contributed by atoms with E-state index in [9.17, 15) is 14.4 Å². The Balaban J connectivity index is 1.16. The summed E-state index contributed by atoms with van der Waals surface area (Å²) in [6.07, 6.45) is 0. The minimum Gasteiger partial charge on any atom is -0.489 e. The fourth-order valence-electron chi connectivity index (χ4n) is 3.28. The molecule has 0 radical (unpaired) electrons. The number of benzene rings is 3. The minimum absolute atomic E-state index is 0.297. The van der Waals surface area contributed by atoms with Crippen molar-refractivity contribution in [1.29, 1.82) is 0 Å². The number of aryl methyl sites for hydroxylation is 1. The molecule has 0 spiro atoms. The number of hydrazine groups is 1. The number of carbonyl (C=O) groups is 2. The molecule has 3 aromatic carbocycles. The van der Waals surface area contributed by atoms with Gasteiger partial charge in [-0.15, -0.1) is 0 Å². The predicted octanol–water partition coefficient (Wildman–Crippen LogP) is 3.29. The number of ether oxygens (including phenoxy) is 3. The molecule has 4 aromatic rings. The summed E-state index contributed by atoms with van der Waals surface area (Å²) < 4.78 is 21.7. The number of rotatable bonds is 9. The van der Waals surface area contributed by atoms with Crippen LogP contribution in [-0.2, 0) is 16.2 Å². The lowest BCUT2D eigenvalue weighted by Gasteiger charge is -2.11. The summed E-state index contributed by atoms with van der Waals surface area (Å²) in [7, 11) is 0. The molecule has 0 bridgehead atoms. The fourth-order valence-corrected chi connectivity index (χ4v) is 3.28. The number of hydrogen-bond acceptors (Lipinski definition) is 7. The highest BCUT2D eigenvalue weighted by atomic mass is 16.5. The lowest BCUT2D eigenvalue weighted by Crippen LogP contribution is -2.45. The second kappa shape index (κ2) is 11.6. The average Bonchev–Trinajstić information content (AvgIpc) is 2.89. The number of fused-ring (bicyclic) bond motifs is 1. The van der Waals surface area contributed by atoms with Crippen LogP contribution in [0.4, 0.5) is 0 Å². The summed E-state index contributed by atoms with van der Waals surface area (Å²) >= 11 is 0. The van der Waals surface area contributed by atoms with Gasteiger partial charge in [0.05, 0.1) is 0 Å². The third kappa shape index (κ3) is 6.86. The van der Waals surface area contributed by atoms with E-state index in [1.165, 1.54) is 12.1 Å². The Morgan fingerprint density at radius 1 is 0.750 bits per heavy atom. The fraction of sp³-hybridized carbons (Fsp3) is 0.148. The van der Waals surface area contributed by atoms with Gasteiger partial charge in [-0.3, -0.25) is 20.4 Å². The maximum absolute atomic E-state index is 12.0. The molecule has 1 aromatic heterocycles. The lowest BCUT2D eigenvalue weighted by atomic mass is 10.1. The molecule has 9 heteroatoms. The molecular formula is C27H24N2O7. The van der Waals surface area contributed by atoms with Crippen molar-refractivity contribution in [3.05, 3.63) is 100 Å². The molecule has 2 N–H and O–H groups in total. The molecule has 0 aliphatic carbocycles. The van der Waals surface area contributed by atoms with Gasteiger partial charge in [0.2, 0.25) is 0 Å². The molecule has 0 saturated heterocycles. The summed E-state index contributed by atoms with van der Waals surface area (Å²) in [5.74, 6) is 0.374. The van der Waals surface area contributed by atoms with Crippen molar-refractivity contribution in [3.63, 3.8) is 0 Å². The van der Waals surface area contributed by atoms with Crippen LogP contribution in [0, 0.1) is 6.92 Å². The van der Waals surface area contributed by atoms with E-state index < -0.39 is 17.4 Å². The first-order valence-corrected chi connectivity index (χ1v) is 11.1. The molecule has 0 aliphatic rings. The molecule has 184 valence electrons. The first kappa shape index (κ1) is 24.3. The Kier molecular flexibility index (Phi) is 7.82. The third-order valence-corrected chi connectivity index (χ3v) is 5.08. The Labute approximate surface area is 206 Å². The van der Waals surface area contributed by atoms with Crippen molar-refractivity contribution < 1.29 is 28.2 Å². The molecular weight excluding hydrogens is 464 g/mol. The van der Waals surface area contributed by atoms with Crippen LogP contribution in [0.1, 0.15) is 11.1 Å². The van der Waals surface area contributed by atoms with Gasteiger partial charge in [0.25, 0.3) is 11.8 Å². The molecule has 0 unspecified atom stereocenters. The second-order valence-corrected chi connectivity index (χ2v) is 7.83. The maximum atomic E-state index is 12.0. The van der Waals surface area contributed by atoms with Gasteiger partial charge in [0.1, 0.15) is 29.4 Å². The van der Waals surface area contributed by atoms with Crippen molar-refractivity contribution in [2.24, 2.45) is 0 Å². The second-order valence-electron chi connectivity index (χ2n) is 7.83. The van der Waals surface area contributed by atoms with Crippen LogP contribution < -0.4 is 30.7 Å². The van der Waals surface area contributed by atoms with Crippen LogP contribution in [-0.4, -0.2) is 25.0 Å². The molecule has 1 heterocycles. The largest absolute Gasteiger partial charge is 0.489 e. The summed E-state index contributed by atoms with van der Waals surface area (Å²) in [4.78, 5) is 35.5. The predicted molar refractivity (Wildman–Crippen MR) is 132 cm³/mol. The van der Waals surface area contributed by atoms with Gasteiger partial charge in [-0.1, -0.05) is 30.3 Å². The van der Waals surface area contributed by atoms with Crippen molar-refractivity contribution in [3.8, 4) is 17.2 Å². The Hall–Kier alpha value is -4.79. The van der Waals surface area contributed by atoms with Crippen molar-refractivity contribution >= 4 is 22.8 Å². The Morgan fingerprint density at radius 3 is 2.00 bits per heavy atom. The van der Waals surface area contributed by atoms with Crippen LogP contribution >= 0.6 is 0 Å². The highest BCUT2D eigenvalue weighted by Gasteiger charge is 2.09. The van der Waals surface area contributed by atoms with Crippen LogP contribution in [0.3, 0.4) is 0 Å². The quantitative estimate of drug-likeness (QED) is 0.274. The van der Waals surface area contributed by atoms with E-state index in [-0.39, 0.29) is 13.2 Å². The van der Waals surface area contributed by atoms with Gasteiger partial charge < -0.3 is 18.6 Å². The smallest absolute Gasteiger partial charge is 0.336 e.